The second kappa shape index (κ2) is 8.23. The maximum absolute atomic E-state index is 12.8. The standard InChI is InChI=1S/C19H19ClN2O4/c1-25-15-5-3-2-4-14(15)18-16(19(24)21-10-11-23)17(22-26-18)12-6-8-13(20)9-7-12/h2-9,18,22-23H,10-11H2,1H3,(H,21,24)/t18-/m1/s1. The summed E-state index contributed by atoms with van der Waals surface area (Å²) in [5.41, 5.74) is 5.30. The molecule has 1 aliphatic rings. The zero-order valence-corrected chi connectivity index (χ0v) is 14.9. The van der Waals surface area contributed by atoms with E-state index in [2.05, 4.69) is 10.8 Å². The maximum Gasteiger partial charge on any atom is 0.252 e. The number of benzene rings is 2. The van der Waals surface area contributed by atoms with Crippen LogP contribution in [0.2, 0.25) is 5.02 Å². The molecule has 2 aromatic carbocycles. The van der Waals surface area contributed by atoms with Gasteiger partial charge < -0.3 is 15.2 Å². The molecule has 0 saturated carbocycles. The molecular weight excluding hydrogens is 356 g/mol. The monoisotopic (exact) mass is 374 g/mol. The number of methoxy groups -OCH3 is 1. The van der Waals surface area contributed by atoms with Gasteiger partial charge in [-0.05, 0) is 18.2 Å². The smallest absolute Gasteiger partial charge is 0.252 e. The average molecular weight is 375 g/mol. The number of halogens is 1. The van der Waals surface area contributed by atoms with Crippen LogP contribution in [0.5, 0.6) is 5.75 Å². The highest BCUT2D eigenvalue weighted by Crippen LogP contribution is 2.39. The fourth-order valence-corrected chi connectivity index (χ4v) is 2.92. The van der Waals surface area contributed by atoms with Gasteiger partial charge in [0.15, 0.2) is 0 Å². The first-order valence-electron chi connectivity index (χ1n) is 8.09. The number of carbonyl (C=O) groups excluding carboxylic acids is 1. The van der Waals surface area contributed by atoms with Crippen LogP contribution in [0.3, 0.4) is 0 Å². The molecule has 0 saturated heterocycles. The van der Waals surface area contributed by atoms with Crippen LogP contribution in [0.1, 0.15) is 17.2 Å². The summed E-state index contributed by atoms with van der Waals surface area (Å²) in [7, 11) is 1.57. The number of aliphatic hydroxyl groups excluding tert-OH is 1. The highest BCUT2D eigenvalue weighted by molar-refractivity contribution is 6.30. The van der Waals surface area contributed by atoms with E-state index in [1.54, 1.807) is 31.4 Å². The van der Waals surface area contributed by atoms with E-state index in [1.165, 1.54) is 0 Å². The minimum absolute atomic E-state index is 0.148. The lowest BCUT2D eigenvalue weighted by molar-refractivity contribution is -0.118. The quantitative estimate of drug-likeness (QED) is 0.723. The van der Waals surface area contributed by atoms with Crippen molar-refractivity contribution in [1.29, 1.82) is 0 Å². The van der Waals surface area contributed by atoms with Crippen molar-refractivity contribution in [3.63, 3.8) is 0 Å². The molecule has 7 heteroatoms. The first-order valence-corrected chi connectivity index (χ1v) is 8.47. The van der Waals surface area contributed by atoms with Gasteiger partial charge in [-0.3, -0.25) is 15.1 Å². The van der Waals surface area contributed by atoms with Crippen molar-refractivity contribution < 1.29 is 19.5 Å². The Bertz CT molecular complexity index is 821. The van der Waals surface area contributed by atoms with E-state index >= 15 is 0 Å². The number of hydrogen-bond acceptors (Lipinski definition) is 5. The van der Waals surface area contributed by atoms with E-state index in [0.717, 1.165) is 11.1 Å². The molecule has 3 N–H and O–H groups in total. The van der Waals surface area contributed by atoms with Crippen molar-refractivity contribution in [1.82, 2.24) is 10.8 Å². The van der Waals surface area contributed by atoms with Gasteiger partial charge >= 0.3 is 0 Å². The number of hydroxylamine groups is 1. The van der Waals surface area contributed by atoms with Crippen molar-refractivity contribution in [2.45, 2.75) is 6.10 Å². The number of para-hydroxylation sites is 1. The van der Waals surface area contributed by atoms with Gasteiger partial charge in [0.25, 0.3) is 5.91 Å². The van der Waals surface area contributed by atoms with Crippen LogP contribution in [0.15, 0.2) is 54.1 Å². The Balaban J connectivity index is 2.07. The van der Waals surface area contributed by atoms with Crippen molar-refractivity contribution in [3.8, 4) is 5.75 Å². The minimum Gasteiger partial charge on any atom is -0.496 e. The van der Waals surface area contributed by atoms with E-state index in [0.29, 0.717) is 22.0 Å². The number of hydrogen-bond donors (Lipinski definition) is 3. The summed E-state index contributed by atoms with van der Waals surface area (Å²) < 4.78 is 5.40. The van der Waals surface area contributed by atoms with Crippen LogP contribution < -0.4 is 15.5 Å². The topological polar surface area (TPSA) is 79.8 Å². The summed E-state index contributed by atoms with van der Waals surface area (Å²) in [6.45, 7) is -0.00220. The zero-order chi connectivity index (χ0) is 18.5. The molecule has 0 aliphatic carbocycles. The molecule has 0 spiro atoms. The van der Waals surface area contributed by atoms with Crippen LogP contribution in [0.25, 0.3) is 5.70 Å². The molecular formula is C19H19ClN2O4. The van der Waals surface area contributed by atoms with Crippen molar-refractivity contribution in [2.24, 2.45) is 0 Å². The van der Waals surface area contributed by atoms with Gasteiger partial charge in [-0.15, -0.1) is 0 Å². The van der Waals surface area contributed by atoms with Crippen LogP contribution in [0, 0.1) is 0 Å². The maximum atomic E-state index is 12.8. The molecule has 0 fully saturated rings. The number of rotatable bonds is 6. The Morgan fingerprint density at radius 3 is 2.69 bits per heavy atom. The van der Waals surface area contributed by atoms with Gasteiger partial charge in [0.2, 0.25) is 0 Å². The third-order valence-corrected chi connectivity index (χ3v) is 4.26. The van der Waals surface area contributed by atoms with Gasteiger partial charge in [0, 0.05) is 22.7 Å². The van der Waals surface area contributed by atoms with E-state index in [-0.39, 0.29) is 19.1 Å². The fourth-order valence-electron chi connectivity index (χ4n) is 2.79. The third-order valence-electron chi connectivity index (χ3n) is 4.01. The first-order chi connectivity index (χ1) is 12.7. The molecule has 26 heavy (non-hydrogen) atoms. The summed E-state index contributed by atoms with van der Waals surface area (Å²) >= 11 is 5.96. The van der Waals surface area contributed by atoms with Crippen LogP contribution in [0.4, 0.5) is 0 Å². The number of carbonyl (C=O) groups is 1. The third kappa shape index (κ3) is 3.67. The van der Waals surface area contributed by atoms with Crippen molar-refractivity contribution in [2.75, 3.05) is 20.3 Å². The SMILES string of the molecule is COc1ccccc1[C@H]1ONC(c2ccc(Cl)cc2)=C1C(=O)NCCO. The lowest BCUT2D eigenvalue weighted by atomic mass is 9.96. The predicted octanol–water partition coefficient (Wildman–Crippen LogP) is 2.44. The Kier molecular flexibility index (Phi) is 5.78. The number of ether oxygens (including phenoxy) is 1. The number of nitrogens with one attached hydrogen (secondary N) is 2. The summed E-state index contributed by atoms with van der Waals surface area (Å²) in [5, 5.41) is 12.3. The molecule has 0 aromatic heterocycles. The molecule has 6 nitrogen and oxygen atoms in total. The average Bonchev–Trinajstić information content (AvgIpc) is 3.11. The largest absolute Gasteiger partial charge is 0.496 e. The van der Waals surface area contributed by atoms with Crippen LogP contribution >= 0.6 is 11.6 Å². The zero-order valence-electron chi connectivity index (χ0n) is 14.2. The van der Waals surface area contributed by atoms with Crippen LogP contribution in [-0.4, -0.2) is 31.3 Å². The van der Waals surface area contributed by atoms with E-state index in [1.807, 2.05) is 24.3 Å². The molecule has 1 heterocycles. The van der Waals surface area contributed by atoms with Crippen LogP contribution in [-0.2, 0) is 9.63 Å². The summed E-state index contributed by atoms with van der Waals surface area (Å²) in [6.07, 6.45) is -0.657. The molecule has 0 unspecified atom stereocenters. The summed E-state index contributed by atoms with van der Waals surface area (Å²) in [5.74, 6) is 0.286. The van der Waals surface area contributed by atoms with Gasteiger partial charge in [-0.2, -0.15) is 0 Å². The lowest BCUT2D eigenvalue weighted by Crippen LogP contribution is -2.29. The second-order valence-corrected chi connectivity index (χ2v) is 6.05. The van der Waals surface area contributed by atoms with Gasteiger partial charge in [0.05, 0.1) is 25.0 Å². The Hall–Kier alpha value is -2.54. The van der Waals surface area contributed by atoms with Crippen molar-refractivity contribution >= 4 is 23.2 Å². The molecule has 1 aliphatic heterocycles. The van der Waals surface area contributed by atoms with Gasteiger partial charge in [-0.25, -0.2) is 0 Å². The van der Waals surface area contributed by atoms with E-state index in [4.69, 9.17) is 26.3 Å². The highest BCUT2D eigenvalue weighted by Gasteiger charge is 2.35. The second-order valence-electron chi connectivity index (χ2n) is 5.62. The molecule has 1 atom stereocenters. The highest BCUT2D eigenvalue weighted by atomic mass is 35.5. The normalized spacial score (nSPS) is 16.3. The first kappa shape index (κ1) is 18.3. The number of aliphatic hydroxyl groups is 1. The minimum atomic E-state index is -0.657. The Morgan fingerprint density at radius 2 is 2.00 bits per heavy atom. The molecule has 2 aromatic rings. The summed E-state index contributed by atoms with van der Waals surface area (Å²) in [6, 6.07) is 14.4. The van der Waals surface area contributed by atoms with E-state index in [9.17, 15) is 4.79 Å². The van der Waals surface area contributed by atoms with Crippen molar-refractivity contribution in [3.05, 3.63) is 70.3 Å². The Morgan fingerprint density at radius 1 is 1.27 bits per heavy atom. The molecule has 3 rings (SSSR count). The van der Waals surface area contributed by atoms with Gasteiger partial charge in [0.1, 0.15) is 11.9 Å². The fraction of sp³-hybridized carbons (Fsp3) is 0.211. The van der Waals surface area contributed by atoms with Gasteiger partial charge in [-0.1, -0.05) is 41.9 Å². The van der Waals surface area contributed by atoms with E-state index < -0.39 is 6.10 Å². The molecule has 1 amide bonds. The number of amides is 1. The predicted molar refractivity (Wildman–Crippen MR) is 98.4 cm³/mol. The summed E-state index contributed by atoms with van der Waals surface area (Å²) in [4.78, 5) is 18.5. The molecule has 0 radical (unpaired) electrons. The lowest BCUT2D eigenvalue weighted by Gasteiger charge is -2.16. The molecule has 0 bridgehead atoms. The Labute approximate surface area is 156 Å². The molecule has 136 valence electrons.